The molecule has 11 heteroatoms. The lowest BCUT2D eigenvalue weighted by atomic mass is 9.88. The summed E-state index contributed by atoms with van der Waals surface area (Å²) in [4.78, 5) is 14.8. The molecular weight excluding hydrogens is 547 g/mol. The summed E-state index contributed by atoms with van der Waals surface area (Å²) in [5.41, 5.74) is 2.97. The third kappa shape index (κ3) is 8.38. The van der Waals surface area contributed by atoms with Crippen molar-refractivity contribution in [2.75, 3.05) is 56.3 Å². The van der Waals surface area contributed by atoms with Crippen LogP contribution in [-0.4, -0.2) is 63.5 Å². The van der Waals surface area contributed by atoms with Gasteiger partial charge >= 0.3 is 0 Å². The van der Waals surface area contributed by atoms with Crippen LogP contribution in [0.2, 0.25) is 5.02 Å². The molecule has 0 spiro atoms. The zero-order valence-electron chi connectivity index (χ0n) is 23.9. The predicted molar refractivity (Wildman–Crippen MR) is 161 cm³/mol. The summed E-state index contributed by atoms with van der Waals surface area (Å²) in [7, 11) is 3.95. The van der Waals surface area contributed by atoms with Crippen molar-refractivity contribution in [1.82, 2.24) is 10.2 Å². The van der Waals surface area contributed by atoms with Crippen molar-refractivity contribution in [3.05, 3.63) is 40.9 Å². The van der Waals surface area contributed by atoms with Gasteiger partial charge in [0.25, 0.3) is 0 Å². The van der Waals surface area contributed by atoms with Gasteiger partial charge in [-0.3, -0.25) is 10.1 Å². The Morgan fingerprint density at radius 1 is 1.22 bits per heavy atom. The number of benzene rings is 2. The quantitative estimate of drug-likeness (QED) is 0.240. The van der Waals surface area contributed by atoms with Gasteiger partial charge in [-0.15, -0.1) is 0 Å². The van der Waals surface area contributed by atoms with Crippen LogP contribution in [0.5, 0.6) is 11.5 Å². The van der Waals surface area contributed by atoms with E-state index in [0.717, 1.165) is 42.7 Å². The highest BCUT2D eigenvalue weighted by molar-refractivity contribution is 6.32. The number of hydrogen-bond donors (Lipinski definition) is 4. The summed E-state index contributed by atoms with van der Waals surface area (Å²) in [5, 5.41) is 23.1. The number of nitriles is 1. The third-order valence-corrected chi connectivity index (χ3v) is 7.57. The molecule has 4 unspecified atom stereocenters. The number of carbonyl (C=O) groups excluding carboxylic acids is 1. The Labute approximate surface area is 246 Å². The predicted octanol–water partition coefficient (Wildman–Crippen LogP) is 5.55. The summed E-state index contributed by atoms with van der Waals surface area (Å²) in [6.45, 7) is 3.94. The SMILES string of the molecule is CCOc1cc2c(cc1NC(=O)CCCN(C)C)C(Nc1ccc(OCC3CCCC(F)N3)c(Cl)c1)C(C#N)CN2. The van der Waals surface area contributed by atoms with Crippen molar-refractivity contribution in [2.45, 2.75) is 57.4 Å². The molecule has 222 valence electrons. The van der Waals surface area contributed by atoms with Crippen molar-refractivity contribution in [1.29, 1.82) is 5.26 Å². The molecule has 41 heavy (non-hydrogen) atoms. The Hall–Kier alpha value is -3.26. The molecule has 2 aliphatic heterocycles. The number of nitrogens with one attached hydrogen (secondary N) is 4. The molecule has 2 aliphatic rings. The average molecular weight is 587 g/mol. The van der Waals surface area contributed by atoms with Crippen LogP contribution in [0.4, 0.5) is 21.5 Å². The fraction of sp³-hybridized carbons (Fsp3) is 0.533. The largest absolute Gasteiger partial charge is 0.492 e. The number of anilines is 3. The smallest absolute Gasteiger partial charge is 0.224 e. The molecule has 4 atom stereocenters. The van der Waals surface area contributed by atoms with Gasteiger partial charge in [-0.2, -0.15) is 5.26 Å². The molecule has 1 fully saturated rings. The maximum absolute atomic E-state index is 13.6. The number of nitrogens with zero attached hydrogens (tertiary/aromatic N) is 2. The Kier molecular flexibility index (Phi) is 10.9. The minimum Gasteiger partial charge on any atom is -0.492 e. The lowest BCUT2D eigenvalue weighted by molar-refractivity contribution is -0.116. The van der Waals surface area contributed by atoms with Crippen molar-refractivity contribution in [2.24, 2.45) is 5.92 Å². The van der Waals surface area contributed by atoms with Gasteiger partial charge in [0.05, 0.1) is 35.3 Å². The molecule has 4 rings (SSSR count). The molecule has 4 N–H and O–H groups in total. The number of hydrogen-bond acceptors (Lipinski definition) is 8. The van der Waals surface area contributed by atoms with Crippen LogP contribution in [0.15, 0.2) is 30.3 Å². The summed E-state index contributed by atoms with van der Waals surface area (Å²) in [5.74, 6) is 0.614. The van der Waals surface area contributed by atoms with Gasteiger partial charge < -0.3 is 30.3 Å². The first-order chi connectivity index (χ1) is 19.8. The zero-order valence-corrected chi connectivity index (χ0v) is 24.7. The number of piperidine rings is 1. The maximum atomic E-state index is 13.6. The average Bonchev–Trinajstić information content (AvgIpc) is 2.93. The van der Waals surface area contributed by atoms with E-state index in [1.54, 1.807) is 12.1 Å². The van der Waals surface area contributed by atoms with E-state index in [4.69, 9.17) is 21.1 Å². The van der Waals surface area contributed by atoms with E-state index in [2.05, 4.69) is 27.3 Å². The lowest BCUT2D eigenvalue weighted by Gasteiger charge is -2.33. The van der Waals surface area contributed by atoms with Crippen LogP contribution in [-0.2, 0) is 4.79 Å². The van der Waals surface area contributed by atoms with Gasteiger partial charge in [0, 0.05) is 42.0 Å². The van der Waals surface area contributed by atoms with Gasteiger partial charge in [-0.1, -0.05) is 11.6 Å². The van der Waals surface area contributed by atoms with Crippen molar-refractivity contribution in [3.8, 4) is 17.6 Å². The van der Waals surface area contributed by atoms with Gasteiger partial charge in [0.15, 0.2) is 6.30 Å². The summed E-state index contributed by atoms with van der Waals surface area (Å²) in [6, 6.07) is 11.1. The van der Waals surface area contributed by atoms with Crippen molar-refractivity contribution in [3.63, 3.8) is 0 Å². The third-order valence-electron chi connectivity index (χ3n) is 7.27. The zero-order chi connectivity index (χ0) is 29.4. The van der Waals surface area contributed by atoms with Crippen LogP contribution in [0.1, 0.15) is 50.6 Å². The highest BCUT2D eigenvalue weighted by Gasteiger charge is 2.31. The monoisotopic (exact) mass is 586 g/mol. The topological polar surface area (TPSA) is 111 Å². The van der Waals surface area contributed by atoms with Gasteiger partial charge in [-0.25, -0.2) is 4.39 Å². The Morgan fingerprint density at radius 2 is 2.05 bits per heavy atom. The number of fused-ring (bicyclic) bond motifs is 1. The molecule has 0 aliphatic carbocycles. The van der Waals surface area contributed by atoms with E-state index in [1.807, 2.05) is 44.1 Å². The summed E-state index contributed by atoms with van der Waals surface area (Å²) >= 11 is 6.56. The first-order valence-electron chi connectivity index (χ1n) is 14.2. The van der Waals surface area contributed by atoms with E-state index >= 15 is 0 Å². The number of rotatable bonds is 12. The van der Waals surface area contributed by atoms with E-state index in [0.29, 0.717) is 54.8 Å². The molecular formula is C30H40ClFN6O3. The molecule has 9 nitrogen and oxygen atoms in total. The fourth-order valence-electron chi connectivity index (χ4n) is 5.18. The number of carbonyl (C=O) groups is 1. The molecule has 0 saturated carbocycles. The fourth-order valence-corrected chi connectivity index (χ4v) is 5.41. The molecule has 2 heterocycles. The molecule has 0 bridgehead atoms. The minimum atomic E-state index is -0.998. The molecule has 1 saturated heterocycles. The van der Waals surface area contributed by atoms with Crippen LogP contribution < -0.4 is 30.7 Å². The van der Waals surface area contributed by atoms with E-state index in [-0.39, 0.29) is 23.9 Å². The van der Waals surface area contributed by atoms with Crippen LogP contribution in [0, 0.1) is 17.2 Å². The Balaban J connectivity index is 1.51. The van der Waals surface area contributed by atoms with Crippen molar-refractivity contribution < 1.29 is 18.7 Å². The van der Waals surface area contributed by atoms with Crippen LogP contribution in [0.25, 0.3) is 0 Å². The van der Waals surface area contributed by atoms with Crippen LogP contribution in [0.3, 0.4) is 0 Å². The summed E-state index contributed by atoms with van der Waals surface area (Å²) < 4.78 is 25.4. The van der Waals surface area contributed by atoms with E-state index < -0.39 is 6.30 Å². The molecule has 1 amide bonds. The maximum Gasteiger partial charge on any atom is 0.224 e. The number of alkyl halides is 1. The second-order valence-electron chi connectivity index (χ2n) is 10.8. The van der Waals surface area contributed by atoms with Crippen LogP contribution >= 0.6 is 11.6 Å². The molecule has 0 radical (unpaired) electrons. The Bertz CT molecular complexity index is 1240. The Morgan fingerprint density at radius 3 is 2.76 bits per heavy atom. The number of halogens is 2. The minimum absolute atomic E-state index is 0.0560. The normalized spacial score (nSPS) is 21.8. The van der Waals surface area contributed by atoms with Crippen molar-refractivity contribution >= 4 is 34.6 Å². The highest BCUT2D eigenvalue weighted by Crippen LogP contribution is 2.42. The first-order valence-corrected chi connectivity index (χ1v) is 14.6. The number of ether oxygens (including phenoxy) is 2. The molecule has 2 aromatic rings. The summed E-state index contributed by atoms with van der Waals surface area (Å²) in [6.07, 6.45) is 2.33. The van der Waals surface area contributed by atoms with E-state index in [9.17, 15) is 14.4 Å². The standard InChI is InChI=1S/C30H40ClFN6O3/c1-4-40-27-15-24-22(14-25(27)37-29(39)9-6-12-38(2)3)30(19(16-33)17-34-24)36-20-10-11-26(23(31)13-20)41-18-21-7-5-8-28(32)35-21/h10-11,13-15,19,21,28,30,34-36H,4-9,12,17-18H2,1-3H3,(H,37,39). The number of amides is 1. The second kappa shape index (κ2) is 14.6. The van der Waals surface area contributed by atoms with Gasteiger partial charge in [-0.05, 0) is 77.5 Å². The molecule has 2 aromatic carbocycles. The highest BCUT2D eigenvalue weighted by atomic mass is 35.5. The lowest BCUT2D eigenvalue weighted by Crippen LogP contribution is -2.43. The van der Waals surface area contributed by atoms with Gasteiger partial charge in [0.1, 0.15) is 18.1 Å². The van der Waals surface area contributed by atoms with Gasteiger partial charge in [0.2, 0.25) is 5.91 Å². The molecule has 0 aromatic heterocycles. The van der Waals surface area contributed by atoms with E-state index in [1.165, 1.54) is 0 Å². The second-order valence-corrected chi connectivity index (χ2v) is 11.2. The first kappa shape index (κ1) is 30.7.